The van der Waals surface area contributed by atoms with E-state index < -0.39 is 0 Å². The van der Waals surface area contributed by atoms with E-state index in [1.165, 1.54) is 0 Å². The number of terminal acetylenes is 1. The van der Waals surface area contributed by atoms with Crippen LogP contribution in [0.1, 0.15) is 51.9 Å². The molecule has 1 unspecified atom stereocenters. The summed E-state index contributed by atoms with van der Waals surface area (Å²) in [5.74, 6) is 8.84. The Morgan fingerprint density at radius 2 is 1.64 bits per heavy atom. The average molecular weight is 192 g/mol. The maximum atomic E-state index is 8.99. The van der Waals surface area contributed by atoms with Crippen molar-refractivity contribution in [3.8, 4) is 24.2 Å². The highest BCUT2D eigenvalue weighted by Gasteiger charge is 1.92. The first kappa shape index (κ1) is 13.1. The summed E-state index contributed by atoms with van der Waals surface area (Å²) < 4.78 is 0. The van der Waals surface area contributed by atoms with Gasteiger partial charge < -0.3 is 5.11 Å². The lowest BCUT2D eigenvalue weighted by Crippen LogP contribution is -1.97. The zero-order valence-electron chi connectivity index (χ0n) is 9.05. The van der Waals surface area contributed by atoms with Crippen LogP contribution in [0.4, 0.5) is 0 Å². The quantitative estimate of drug-likeness (QED) is 0.507. The topological polar surface area (TPSA) is 20.2 Å². The lowest BCUT2D eigenvalue weighted by molar-refractivity contribution is 0.182. The van der Waals surface area contributed by atoms with Crippen molar-refractivity contribution in [2.75, 3.05) is 0 Å². The molecule has 1 atom stereocenters. The Morgan fingerprint density at radius 1 is 1.07 bits per heavy atom. The van der Waals surface area contributed by atoms with Crippen molar-refractivity contribution in [1.82, 2.24) is 0 Å². The van der Waals surface area contributed by atoms with E-state index in [1.807, 2.05) is 6.92 Å². The summed E-state index contributed by atoms with van der Waals surface area (Å²) in [6.45, 7) is 1.81. The Balaban J connectivity index is 3.15. The maximum absolute atomic E-state index is 8.99. The number of aliphatic hydroxyl groups is 1. The van der Waals surface area contributed by atoms with Crippen LogP contribution in [-0.4, -0.2) is 11.2 Å². The highest BCUT2D eigenvalue weighted by atomic mass is 16.3. The zero-order chi connectivity index (χ0) is 10.6. The lowest BCUT2D eigenvalue weighted by Gasteiger charge is -1.98. The van der Waals surface area contributed by atoms with Gasteiger partial charge in [-0.1, -0.05) is 0 Å². The van der Waals surface area contributed by atoms with E-state index in [0.29, 0.717) is 0 Å². The Hall–Kier alpha value is -0.920. The van der Waals surface area contributed by atoms with Gasteiger partial charge in [-0.05, 0) is 32.6 Å². The van der Waals surface area contributed by atoms with Crippen molar-refractivity contribution >= 4 is 0 Å². The molecule has 0 aliphatic rings. The van der Waals surface area contributed by atoms with E-state index in [-0.39, 0.29) is 6.10 Å². The minimum atomic E-state index is -0.188. The molecule has 0 rings (SSSR count). The van der Waals surface area contributed by atoms with E-state index >= 15 is 0 Å². The summed E-state index contributed by atoms with van der Waals surface area (Å²) in [7, 11) is 0. The van der Waals surface area contributed by atoms with Gasteiger partial charge >= 0.3 is 0 Å². The van der Waals surface area contributed by atoms with Crippen molar-refractivity contribution in [2.45, 2.75) is 58.0 Å². The molecule has 0 aromatic carbocycles. The standard InChI is InChI=1S/C13H20O/c1-3-4-5-6-7-8-9-10-11-12-13(2)14/h1,13-14H,4-7,10-12H2,2H3. The fourth-order valence-electron chi connectivity index (χ4n) is 1.10. The predicted octanol–water partition coefficient (Wildman–Crippen LogP) is 2.73. The van der Waals surface area contributed by atoms with Crippen molar-refractivity contribution in [1.29, 1.82) is 0 Å². The second kappa shape index (κ2) is 10.2. The fraction of sp³-hybridized carbons (Fsp3) is 0.692. The summed E-state index contributed by atoms with van der Waals surface area (Å²) in [6, 6.07) is 0. The third-order valence-corrected chi connectivity index (χ3v) is 1.92. The SMILES string of the molecule is C#CCCCCC#CCCCC(C)O. The van der Waals surface area contributed by atoms with Crippen LogP contribution in [-0.2, 0) is 0 Å². The van der Waals surface area contributed by atoms with Gasteiger partial charge in [-0.3, -0.25) is 0 Å². The van der Waals surface area contributed by atoms with Gasteiger partial charge in [-0.2, -0.15) is 0 Å². The van der Waals surface area contributed by atoms with Gasteiger partial charge in [0.05, 0.1) is 6.10 Å². The predicted molar refractivity (Wildman–Crippen MR) is 60.6 cm³/mol. The molecule has 1 nitrogen and oxygen atoms in total. The molecule has 1 heteroatoms. The van der Waals surface area contributed by atoms with Crippen LogP contribution in [0.15, 0.2) is 0 Å². The molecule has 0 heterocycles. The zero-order valence-corrected chi connectivity index (χ0v) is 9.05. The largest absolute Gasteiger partial charge is 0.393 e. The molecule has 0 aromatic heterocycles. The third-order valence-electron chi connectivity index (χ3n) is 1.92. The summed E-state index contributed by atoms with van der Waals surface area (Å²) in [4.78, 5) is 0. The first-order valence-corrected chi connectivity index (χ1v) is 5.34. The summed E-state index contributed by atoms with van der Waals surface area (Å²) in [6.07, 6.45) is 11.7. The molecule has 0 aromatic rings. The van der Waals surface area contributed by atoms with Crippen molar-refractivity contribution in [3.63, 3.8) is 0 Å². The molecule has 0 radical (unpaired) electrons. The molecule has 0 bridgehead atoms. The molecule has 0 aliphatic heterocycles. The molecular formula is C13H20O. The first-order valence-electron chi connectivity index (χ1n) is 5.34. The highest BCUT2D eigenvalue weighted by Crippen LogP contribution is 2.00. The van der Waals surface area contributed by atoms with Crippen LogP contribution in [0.3, 0.4) is 0 Å². The van der Waals surface area contributed by atoms with E-state index in [4.69, 9.17) is 11.5 Å². The lowest BCUT2D eigenvalue weighted by atomic mass is 10.1. The monoisotopic (exact) mass is 192 g/mol. The second-order valence-electron chi connectivity index (χ2n) is 3.51. The van der Waals surface area contributed by atoms with Crippen molar-refractivity contribution in [3.05, 3.63) is 0 Å². The van der Waals surface area contributed by atoms with E-state index in [9.17, 15) is 0 Å². The molecule has 78 valence electrons. The molecule has 0 saturated carbocycles. The number of unbranched alkanes of at least 4 members (excludes halogenated alkanes) is 4. The van der Waals surface area contributed by atoms with Gasteiger partial charge in [0, 0.05) is 19.3 Å². The van der Waals surface area contributed by atoms with E-state index in [0.717, 1.165) is 44.9 Å². The van der Waals surface area contributed by atoms with Gasteiger partial charge in [-0.15, -0.1) is 24.2 Å². The molecule has 0 amide bonds. The smallest absolute Gasteiger partial charge is 0.0512 e. The molecule has 0 aliphatic carbocycles. The molecule has 1 N–H and O–H groups in total. The average Bonchev–Trinajstić information content (AvgIpc) is 2.15. The molecule has 0 saturated heterocycles. The van der Waals surface area contributed by atoms with Crippen LogP contribution in [0.5, 0.6) is 0 Å². The first-order chi connectivity index (χ1) is 6.77. The summed E-state index contributed by atoms with van der Waals surface area (Å²) >= 11 is 0. The van der Waals surface area contributed by atoms with Crippen molar-refractivity contribution in [2.24, 2.45) is 0 Å². The minimum Gasteiger partial charge on any atom is -0.393 e. The van der Waals surface area contributed by atoms with E-state index in [2.05, 4.69) is 17.8 Å². The van der Waals surface area contributed by atoms with Gasteiger partial charge in [0.2, 0.25) is 0 Å². The molecule has 0 fully saturated rings. The molecule has 14 heavy (non-hydrogen) atoms. The Morgan fingerprint density at radius 3 is 2.21 bits per heavy atom. The number of aliphatic hydroxyl groups excluding tert-OH is 1. The number of hydrogen-bond acceptors (Lipinski definition) is 1. The van der Waals surface area contributed by atoms with Crippen LogP contribution in [0, 0.1) is 24.2 Å². The Bertz CT molecular complexity index is 212. The van der Waals surface area contributed by atoms with Crippen molar-refractivity contribution < 1.29 is 5.11 Å². The van der Waals surface area contributed by atoms with Gasteiger partial charge in [0.1, 0.15) is 0 Å². The molecular weight excluding hydrogens is 172 g/mol. The summed E-state index contributed by atoms with van der Waals surface area (Å²) in [5.41, 5.74) is 0. The van der Waals surface area contributed by atoms with Gasteiger partial charge in [0.15, 0.2) is 0 Å². The molecule has 0 spiro atoms. The highest BCUT2D eigenvalue weighted by molar-refractivity contribution is 4.98. The minimum absolute atomic E-state index is 0.188. The third kappa shape index (κ3) is 11.1. The van der Waals surface area contributed by atoms with Gasteiger partial charge in [-0.25, -0.2) is 0 Å². The second-order valence-corrected chi connectivity index (χ2v) is 3.51. The Kier molecular flexibility index (Phi) is 9.49. The van der Waals surface area contributed by atoms with Crippen LogP contribution < -0.4 is 0 Å². The summed E-state index contributed by atoms with van der Waals surface area (Å²) in [5, 5.41) is 8.99. The number of hydrogen-bond donors (Lipinski definition) is 1. The van der Waals surface area contributed by atoms with Crippen LogP contribution >= 0.6 is 0 Å². The van der Waals surface area contributed by atoms with Crippen LogP contribution in [0.25, 0.3) is 0 Å². The Labute approximate surface area is 87.9 Å². The number of rotatable bonds is 6. The van der Waals surface area contributed by atoms with Gasteiger partial charge in [0.25, 0.3) is 0 Å². The van der Waals surface area contributed by atoms with Crippen LogP contribution in [0.2, 0.25) is 0 Å². The normalized spacial score (nSPS) is 11.2. The maximum Gasteiger partial charge on any atom is 0.0512 e. The van der Waals surface area contributed by atoms with E-state index in [1.54, 1.807) is 0 Å². The fourth-order valence-corrected chi connectivity index (χ4v) is 1.10.